The van der Waals surface area contributed by atoms with E-state index in [9.17, 15) is 14.6 Å². The van der Waals surface area contributed by atoms with Crippen molar-refractivity contribution in [3.05, 3.63) is 29.6 Å². The summed E-state index contributed by atoms with van der Waals surface area (Å²) in [7, 11) is 0. The summed E-state index contributed by atoms with van der Waals surface area (Å²) in [6.07, 6.45) is -0.282. The third kappa shape index (κ3) is 4.71. The van der Waals surface area contributed by atoms with E-state index in [0.29, 0.717) is 17.7 Å². The first-order valence-corrected chi connectivity index (χ1v) is 5.62. The molecule has 0 spiro atoms. The van der Waals surface area contributed by atoms with Crippen LogP contribution in [0.2, 0.25) is 0 Å². The molecule has 0 aromatic heterocycles. The highest BCUT2D eigenvalue weighted by atomic mass is 19.1. The molecule has 1 aromatic rings. The third-order valence-electron chi connectivity index (χ3n) is 2.40. The van der Waals surface area contributed by atoms with Crippen molar-refractivity contribution < 1.29 is 19.3 Å². The minimum absolute atomic E-state index is 0.271. The quantitative estimate of drug-likeness (QED) is 0.833. The first kappa shape index (κ1) is 13.9. The Kier molecular flexibility index (Phi) is 4.48. The largest absolute Gasteiger partial charge is 0.493 e. The summed E-state index contributed by atoms with van der Waals surface area (Å²) in [4.78, 5) is 0. The molecule has 0 fully saturated rings. The molecule has 1 atom stereocenters. The molecule has 4 heteroatoms. The molecule has 3 nitrogen and oxygen atoms in total. The van der Waals surface area contributed by atoms with Crippen LogP contribution in [0.1, 0.15) is 38.9 Å². The molecule has 0 saturated carbocycles. The van der Waals surface area contributed by atoms with E-state index in [1.54, 1.807) is 20.8 Å². The molecule has 17 heavy (non-hydrogen) atoms. The van der Waals surface area contributed by atoms with Gasteiger partial charge in [0.2, 0.25) is 0 Å². The number of ether oxygens (including phenoxy) is 1. The topological polar surface area (TPSA) is 49.7 Å². The molecule has 0 heterocycles. The van der Waals surface area contributed by atoms with Gasteiger partial charge in [-0.3, -0.25) is 0 Å². The second-order valence-corrected chi connectivity index (χ2v) is 4.77. The lowest BCUT2D eigenvalue weighted by Crippen LogP contribution is -2.22. The van der Waals surface area contributed by atoms with Gasteiger partial charge in [-0.25, -0.2) is 4.39 Å². The number of hydrogen-bond acceptors (Lipinski definition) is 3. The van der Waals surface area contributed by atoms with Crippen molar-refractivity contribution in [2.24, 2.45) is 0 Å². The second kappa shape index (κ2) is 5.47. The van der Waals surface area contributed by atoms with E-state index < -0.39 is 17.5 Å². The monoisotopic (exact) mass is 242 g/mol. The van der Waals surface area contributed by atoms with Crippen LogP contribution in [0.4, 0.5) is 4.39 Å². The molecule has 0 radical (unpaired) electrons. The maximum Gasteiger partial charge on any atom is 0.127 e. The van der Waals surface area contributed by atoms with Gasteiger partial charge in [-0.15, -0.1) is 0 Å². The van der Waals surface area contributed by atoms with Gasteiger partial charge in [-0.05, 0) is 32.9 Å². The Balaban J connectivity index is 2.72. The van der Waals surface area contributed by atoms with E-state index in [2.05, 4.69) is 0 Å². The van der Waals surface area contributed by atoms with Gasteiger partial charge < -0.3 is 14.9 Å². The van der Waals surface area contributed by atoms with Gasteiger partial charge in [-0.1, -0.05) is 0 Å². The van der Waals surface area contributed by atoms with Crippen molar-refractivity contribution in [1.29, 1.82) is 0 Å². The Morgan fingerprint density at radius 3 is 2.59 bits per heavy atom. The smallest absolute Gasteiger partial charge is 0.127 e. The first-order valence-electron chi connectivity index (χ1n) is 5.62. The maximum atomic E-state index is 13.1. The van der Waals surface area contributed by atoms with Gasteiger partial charge in [-0.2, -0.15) is 0 Å². The molecule has 0 aliphatic rings. The van der Waals surface area contributed by atoms with Crippen molar-refractivity contribution in [3.63, 3.8) is 0 Å². The van der Waals surface area contributed by atoms with Gasteiger partial charge in [0.25, 0.3) is 0 Å². The molecule has 1 rings (SSSR count). The number of benzene rings is 1. The van der Waals surface area contributed by atoms with Crippen LogP contribution in [-0.2, 0) is 0 Å². The molecule has 2 N–H and O–H groups in total. The van der Waals surface area contributed by atoms with Gasteiger partial charge >= 0.3 is 0 Å². The van der Waals surface area contributed by atoms with Gasteiger partial charge in [0.05, 0.1) is 18.3 Å². The highest BCUT2D eigenvalue weighted by Crippen LogP contribution is 2.26. The fourth-order valence-electron chi connectivity index (χ4n) is 1.39. The number of hydrogen-bond donors (Lipinski definition) is 2. The lowest BCUT2D eigenvalue weighted by atomic mass is 10.1. The van der Waals surface area contributed by atoms with Crippen molar-refractivity contribution in [2.75, 3.05) is 6.61 Å². The highest BCUT2D eigenvalue weighted by Gasteiger charge is 2.14. The van der Waals surface area contributed by atoms with E-state index in [0.717, 1.165) is 0 Å². The second-order valence-electron chi connectivity index (χ2n) is 4.77. The first-order chi connectivity index (χ1) is 7.79. The number of aliphatic hydroxyl groups is 2. The van der Waals surface area contributed by atoms with E-state index in [4.69, 9.17) is 4.74 Å². The Labute approximate surface area is 101 Å². The number of halogens is 1. The molecule has 0 unspecified atom stereocenters. The van der Waals surface area contributed by atoms with E-state index >= 15 is 0 Å². The normalized spacial score (nSPS) is 13.5. The average molecular weight is 242 g/mol. The standard InChI is InChI=1S/C13H19FO3/c1-9(15)11-5-4-10(14)8-12(11)17-7-6-13(2,3)16/h4-5,8-9,15-16H,6-7H2,1-3H3/t9-/m0/s1. The van der Waals surface area contributed by atoms with Crippen LogP contribution in [0.25, 0.3) is 0 Å². The zero-order chi connectivity index (χ0) is 13.1. The van der Waals surface area contributed by atoms with Crippen molar-refractivity contribution in [1.82, 2.24) is 0 Å². The van der Waals surface area contributed by atoms with E-state index in [-0.39, 0.29) is 6.61 Å². The van der Waals surface area contributed by atoms with Gasteiger partial charge in [0, 0.05) is 18.1 Å². The zero-order valence-electron chi connectivity index (χ0n) is 10.4. The van der Waals surface area contributed by atoms with Crippen LogP contribution in [0.15, 0.2) is 18.2 Å². The third-order valence-corrected chi connectivity index (χ3v) is 2.40. The van der Waals surface area contributed by atoms with Gasteiger partial charge in [0.1, 0.15) is 11.6 Å². The lowest BCUT2D eigenvalue weighted by molar-refractivity contribution is 0.0548. The lowest BCUT2D eigenvalue weighted by Gasteiger charge is -2.18. The van der Waals surface area contributed by atoms with Crippen LogP contribution in [0.5, 0.6) is 5.75 Å². The molecule has 0 aliphatic heterocycles. The minimum Gasteiger partial charge on any atom is -0.493 e. The van der Waals surface area contributed by atoms with Crippen molar-refractivity contribution >= 4 is 0 Å². The molecule has 0 aliphatic carbocycles. The Morgan fingerprint density at radius 2 is 2.06 bits per heavy atom. The average Bonchev–Trinajstić information content (AvgIpc) is 2.15. The molecule has 0 saturated heterocycles. The zero-order valence-corrected chi connectivity index (χ0v) is 10.4. The molecular weight excluding hydrogens is 223 g/mol. The molecule has 0 bridgehead atoms. The fraction of sp³-hybridized carbons (Fsp3) is 0.538. The van der Waals surface area contributed by atoms with Crippen LogP contribution < -0.4 is 4.74 Å². The summed E-state index contributed by atoms with van der Waals surface area (Å²) < 4.78 is 18.5. The fourth-order valence-corrected chi connectivity index (χ4v) is 1.39. The summed E-state index contributed by atoms with van der Waals surface area (Å²) >= 11 is 0. The predicted octanol–water partition coefficient (Wildman–Crippen LogP) is 2.42. The van der Waals surface area contributed by atoms with Crippen LogP contribution in [-0.4, -0.2) is 22.4 Å². The Hall–Kier alpha value is -1.13. The van der Waals surface area contributed by atoms with Crippen LogP contribution in [0, 0.1) is 5.82 Å². The SMILES string of the molecule is C[C@H](O)c1ccc(F)cc1OCCC(C)(C)O. The minimum atomic E-state index is -0.821. The summed E-state index contributed by atoms with van der Waals surface area (Å²) in [5.74, 6) is -0.0862. The van der Waals surface area contributed by atoms with Crippen LogP contribution in [0.3, 0.4) is 0 Å². The predicted molar refractivity (Wildman–Crippen MR) is 63.4 cm³/mol. The summed E-state index contributed by atoms with van der Waals surface area (Å²) in [6, 6.07) is 4.02. The summed E-state index contributed by atoms with van der Waals surface area (Å²) in [5.41, 5.74) is -0.277. The molecule has 0 amide bonds. The van der Waals surface area contributed by atoms with Crippen molar-refractivity contribution in [2.45, 2.75) is 38.9 Å². The maximum absolute atomic E-state index is 13.1. The van der Waals surface area contributed by atoms with Gasteiger partial charge in [0.15, 0.2) is 0 Å². The highest BCUT2D eigenvalue weighted by molar-refractivity contribution is 5.35. The van der Waals surface area contributed by atoms with E-state index in [1.807, 2.05) is 0 Å². The number of aliphatic hydroxyl groups excluding tert-OH is 1. The Bertz CT molecular complexity index is 369. The van der Waals surface area contributed by atoms with Crippen LogP contribution >= 0.6 is 0 Å². The Morgan fingerprint density at radius 1 is 1.41 bits per heavy atom. The summed E-state index contributed by atoms with van der Waals surface area (Å²) in [6.45, 7) is 5.22. The van der Waals surface area contributed by atoms with Crippen molar-refractivity contribution in [3.8, 4) is 5.75 Å². The van der Waals surface area contributed by atoms with E-state index in [1.165, 1.54) is 18.2 Å². The molecular formula is C13H19FO3. The molecule has 96 valence electrons. The molecule has 1 aromatic carbocycles. The summed E-state index contributed by atoms with van der Waals surface area (Å²) in [5, 5.41) is 19.0. The number of rotatable bonds is 5.